The summed E-state index contributed by atoms with van der Waals surface area (Å²) in [6, 6.07) is 13.8. The Labute approximate surface area is 155 Å². The Kier molecular flexibility index (Phi) is 5.27. The van der Waals surface area contributed by atoms with Crippen LogP contribution in [0.2, 0.25) is 0 Å². The molecule has 1 amide bonds. The SMILES string of the molecule is N/N=C(\N)Cn1cc(NC(=O)c2cccc(-c3cccnc3)c2)ccc1=O. The van der Waals surface area contributed by atoms with Crippen LogP contribution in [0.4, 0.5) is 5.69 Å². The van der Waals surface area contributed by atoms with Gasteiger partial charge in [0, 0.05) is 35.8 Å². The van der Waals surface area contributed by atoms with E-state index in [1.807, 2.05) is 18.2 Å². The fourth-order valence-electron chi connectivity index (χ4n) is 2.52. The Hall–Kier alpha value is -3.94. The lowest BCUT2D eigenvalue weighted by atomic mass is 10.0. The Balaban J connectivity index is 1.82. The molecule has 5 N–H and O–H groups in total. The molecule has 0 unspecified atom stereocenters. The Morgan fingerprint density at radius 1 is 1.15 bits per heavy atom. The molecule has 0 aliphatic rings. The molecule has 27 heavy (non-hydrogen) atoms. The zero-order valence-electron chi connectivity index (χ0n) is 14.4. The number of nitrogens with two attached hydrogens (primary N) is 2. The number of aromatic nitrogens is 2. The highest BCUT2D eigenvalue weighted by Crippen LogP contribution is 2.19. The number of pyridine rings is 2. The second-order valence-electron chi connectivity index (χ2n) is 5.78. The Morgan fingerprint density at radius 3 is 2.70 bits per heavy atom. The normalized spacial score (nSPS) is 11.2. The molecule has 8 nitrogen and oxygen atoms in total. The molecule has 0 radical (unpaired) electrons. The average Bonchev–Trinajstić information content (AvgIpc) is 2.71. The van der Waals surface area contributed by atoms with Gasteiger partial charge in [-0.1, -0.05) is 18.2 Å². The highest BCUT2D eigenvalue weighted by molar-refractivity contribution is 6.04. The standard InChI is InChI=1S/C19H18N6O2/c20-17(24-21)12-25-11-16(6-7-18(25)26)23-19(27)14-4-1-3-13(9-14)15-5-2-8-22-10-15/h1-11H,12,21H2,(H2,20,24)(H,23,27). The molecule has 3 rings (SSSR count). The van der Waals surface area contributed by atoms with Crippen LogP contribution in [-0.2, 0) is 6.54 Å². The van der Waals surface area contributed by atoms with E-state index in [-0.39, 0.29) is 23.8 Å². The number of hydrogen-bond donors (Lipinski definition) is 3. The molecule has 0 saturated heterocycles. The number of rotatable bonds is 5. The molecule has 136 valence electrons. The molecule has 2 heterocycles. The first-order valence-electron chi connectivity index (χ1n) is 8.11. The van der Waals surface area contributed by atoms with Crippen LogP contribution in [0.5, 0.6) is 0 Å². The molecular weight excluding hydrogens is 344 g/mol. The summed E-state index contributed by atoms with van der Waals surface area (Å²) in [7, 11) is 0. The summed E-state index contributed by atoms with van der Waals surface area (Å²) >= 11 is 0. The van der Waals surface area contributed by atoms with Gasteiger partial charge in [0.2, 0.25) is 0 Å². The van der Waals surface area contributed by atoms with Crippen molar-refractivity contribution in [1.82, 2.24) is 9.55 Å². The van der Waals surface area contributed by atoms with E-state index in [0.717, 1.165) is 11.1 Å². The lowest BCUT2D eigenvalue weighted by Crippen LogP contribution is -2.28. The quantitative estimate of drug-likeness (QED) is 0.273. The maximum atomic E-state index is 12.6. The second-order valence-corrected chi connectivity index (χ2v) is 5.78. The fourth-order valence-corrected chi connectivity index (χ4v) is 2.52. The molecule has 8 heteroatoms. The number of carbonyl (C=O) groups excluding carboxylic acids is 1. The van der Waals surface area contributed by atoms with Gasteiger partial charge >= 0.3 is 0 Å². The third-order valence-corrected chi connectivity index (χ3v) is 3.86. The average molecular weight is 362 g/mol. The van der Waals surface area contributed by atoms with Gasteiger partial charge in [0.05, 0.1) is 12.2 Å². The van der Waals surface area contributed by atoms with Gasteiger partial charge in [-0.25, -0.2) is 0 Å². The highest BCUT2D eigenvalue weighted by Gasteiger charge is 2.09. The van der Waals surface area contributed by atoms with Crippen molar-refractivity contribution >= 4 is 17.4 Å². The Bertz CT molecular complexity index is 1040. The maximum Gasteiger partial charge on any atom is 0.255 e. The van der Waals surface area contributed by atoms with E-state index in [0.29, 0.717) is 11.3 Å². The van der Waals surface area contributed by atoms with Crippen LogP contribution in [0.25, 0.3) is 11.1 Å². The van der Waals surface area contributed by atoms with Crippen molar-refractivity contribution in [1.29, 1.82) is 0 Å². The molecule has 0 spiro atoms. The van der Waals surface area contributed by atoms with E-state index >= 15 is 0 Å². The van der Waals surface area contributed by atoms with E-state index < -0.39 is 0 Å². The van der Waals surface area contributed by atoms with Crippen molar-refractivity contribution in [3.05, 3.63) is 83.0 Å². The number of anilines is 1. The molecule has 0 aliphatic carbocycles. The van der Waals surface area contributed by atoms with Crippen molar-refractivity contribution < 1.29 is 4.79 Å². The van der Waals surface area contributed by atoms with Crippen LogP contribution >= 0.6 is 0 Å². The number of benzene rings is 1. The molecular formula is C19H18N6O2. The summed E-state index contributed by atoms with van der Waals surface area (Å²) in [4.78, 5) is 28.6. The number of amides is 1. The molecule has 3 aromatic rings. The van der Waals surface area contributed by atoms with Gasteiger partial charge in [0.1, 0.15) is 5.84 Å². The van der Waals surface area contributed by atoms with Gasteiger partial charge in [-0.15, -0.1) is 0 Å². The van der Waals surface area contributed by atoms with Crippen LogP contribution < -0.4 is 22.5 Å². The molecule has 0 bridgehead atoms. The van der Waals surface area contributed by atoms with Crippen molar-refractivity contribution in [3.8, 4) is 11.1 Å². The predicted octanol–water partition coefficient (Wildman–Crippen LogP) is 1.39. The number of hydrogen-bond acceptors (Lipinski definition) is 5. The zero-order chi connectivity index (χ0) is 19.2. The number of carbonyl (C=O) groups is 1. The molecule has 0 fully saturated rings. The molecule has 2 aromatic heterocycles. The lowest BCUT2D eigenvalue weighted by Gasteiger charge is -2.10. The molecule has 0 saturated carbocycles. The van der Waals surface area contributed by atoms with Crippen LogP contribution in [0.1, 0.15) is 10.4 Å². The number of hydrazone groups is 1. The summed E-state index contributed by atoms with van der Waals surface area (Å²) in [5.74, 6) is 4.90. The first-order valence-corrected chi connectivity index (χ1v) is 8.11. The lowest BCUT2D eigenvalue weighted by molar-refractivity contribution is 0.102. The minimum absolute atomic E-state index is 0.0372. The first-order chi connectivity index (χ1) is 13.1. The van der Waals surface area contributed by atoms with Gasteiger partial charge in [0.25, 0.3) is 11.5 Å². The monoisotopic (exact) mass is 362 g/mol. The summed E-state index contributed by atoms with van der Waals surface area (Å²) < 4.78 is 1.31. The van der Waals surface area contributed by atoms with E-state index in [1.165, 1.54) is 22.9 Å². The van der Waals surface area contributed by atoms with Crippen molar-refractivity contribution in [2.75, 3.05) is 5.32 Å². The topological polar surface area (TPSA) is 128 Å². The van der Waals surface area contributed by atoms with Crippen LogP contribution in [-0.4, -0.2) is 21.3 Å². The molecule has 1 aromatic carbocycles. The third kappa shape index (κ3) is 4.37. The van der Waals surface area contributed by atoms with Crippen LogP contribution in [0, 0.1) is 0 Å². The fraction of sp³-hybridized carbons (Fsp3) is 0.0526. The summed E-state index contributed by atoms with van der Waals surface area (Å²) in [5, 5.41) is 6.11. The van der Waals surface area contributed by atoms with E-state index in [4.69, 9.17) is 11.6 Å². The van der Waals surface area contributed by atoms with Gasteiger partial charge < -0.3 is 21.5 Å². The summed E-state index contributed by atoms with van der Waals surface area (Å²) in [6.45, 7) is 0.0372. The van der Waals surface area contributed by atoms with E-state index in [9.17, 15) is 9.59 Å². The Morgan fingerprint density at radius 2 is 1.96 bits per heavy atom. The van der Waals surface area contributed by atoms with Gasteiger partial charge in [0.15, 0.2) is 0 Å². The summed E-state index contributed by atoms with van der Waals surface area (Å²) in [5.41, 5.74) is 8.02. The smallest absolute Gasteiger partial charge is 0.255 e. The molecule has 0 atom stereocenters. The van der Waals surface area contributed by atoms with E-state index in [2.05, 4.69) is 15.4 Å². The molecule has 0 aliphatic heterocycles. The predicted molar refractivity (Wildman–Crippen MR) is 104 cm³/mol. The summed E-state index contributed by atoms with van der Waals surface area (Å²) in [6.07, 6.45) is 4.91. The number of nitrogens with zero attached hydrogens (tertiary/aromatic N) is 3. The largest absolute Gasteiger partial charge is 0.384 e. The van der Waals surface area contributed by atoms with Gasteiger partial charge in [-0.3, -0.25) is 14.6 Å². The zero-order valence-corrected chi connectivity index (χ0v) is 14.4. The minimum atomic E-state index is -0.300. The minimum Gasteiger partial charge on any atom is -0.384 e. The highest BCUT2D eigenvalue weighted by atomic mass is 16.1. The van der Waals surface area contributed by atoms with Crippen LogP contribution in [0.15, 0.2) is 77.0 Å². The number of nitrogens with one attached hydrogen (secondary N) is 1. The second kappa shape index (κ2) is 7.96. The van der Waals surface area contributed by atoms with Crippen molar-refractivity contribution in [2.24, 2.45) is 16.7 Å². The van der Waals surface area contributed by atoms with Crippen molar-refractivity contribution in [2.45, 2.75) is 6.54 Å². The van der Waals surface area contributed by atoms with Crippen LogP contribution in [0.3, 0.4) is 0 Å². The number of amidine groups is 1. The third-order valence-electron chi connectivity index (χ3n) is 3.86. The first kappa shape index (κ1) is 17.9. The van der Waals surface area contributed by atoms with Gasteiger partial charge in [-0.05, 0) is 29.8 Å². The van der Waals surface area contributed by atoms with Gasteiger partial charge in [-0.2, -0.15) is 5.10 Å². The van der Waals surface area contributed by atoms with E-state index in [1.54, 1.807) is 30.6 Å². The maximum absolute atomic E-state index is 12.6. The van der Waals surface area contributed by atoms with Crippen molar-refractivity contribution in [3.63, 3.8) is 0 Å².